The Hall–Kier alpha value is -1.18. The topological polar surface area (TPSA) is 34.1 Å². The lowest BCUT2D eigenvalue weighted by molar-refractivity contribution is -0.137. The minimum atomic E-state index is -0.494. The van der Waals surface area contributed by atoms with Crippen LogP contribution in [0.15, 0.2) is 23.8 Å². The minimum absolute atomic E-state index is 0.210. The zero-order valence-electron chi connectivity index (χ0n) is 6.96. The van der Waals surface area contributed by atoms with Crippen LogP contribution in [0.2, 0.25) is 0 Å². The Kier molecular flexibility index (Phi) is 1.34. The molecule has 0 aromatic carbocycles. The van der Waals surface area contributed by atoms with E-state index >= 15 is 0 Å². The van der Waals surface area contributed by atoms with Gasteiger partial charge in [-0.2, -0.15) is 0 Å². The highest BCUT2D eigenvalue weighted by atomic mass is 16.2. The molecule has 0 radical (unpaired) electrons. The van der Waals surface area contributed by atoms with E-state index in [1.54, 1.807) is 0 Å². The van der Waals surface area contributed by atoms with Crippen LogP contribution in [0.1, 0.15) is 19.8 Å². The first kappa shape index (κ1) is 7.47. The molecule has 0 amide bonds. The molecule has 2 rings (SSSR count). The van der Waals surface area contributed by atoms with Crippen molar-refractivity contribution in [2.24, 2.45) is 5.41 Å². The molecular formula is C10H10O2. The molecule has 2 aliphatic carbocycles. The Balaban J connectivity index is 2.50. The summed E-state index contributed by atoms with van der Waals surface area (Å²) in [5, 5.41) is 0. The molecule has 1 saturated carbocycles. The molecule has 0 aromatic rings. The van der Waals surface area contributed by atoms with Gasteiger partial charge in [0.1, 0.15) is 0 Å². The second-order valence-corrected chi connectivity index (χ2v) is 3.59. The molecule has 0 unspecified atom stereocenters. The van der Waals surface area contributed by atoms with Gasteiger partial charge in [0.15, 0.2) is 0 Å². The molecular weight excluding hydrogens is 152 g/mol. The van der Waals surface area contributed by atoms with Gasteiger partial charge in [-0.05, 0) is 18.9 Å². The Bertz CT molecular complexity index is 323. The standard InChI is InChI=1S/C10H10O2/c1-10-5-3-2-4-7(10)6-8(11)9(10)12/h2-4H,5-6H2,1H3/t10-/m0/s1. The summed E-state index contributed by atoms with van der Waals surface area (Å²) < 4.78 is 0. The lowest BCUT2D eigenvalue weighted by Crippen LogP contribution is -2.26. The molecule has 2 nitrogen and oxygen atoms in total. The van der Waals surface area contributed by atoms with Gasteiger partial charge in [0.05, 0.1) is 5.41 Å². The number of fused-ring (bicyclic) bond motifs is 1. The van der Waals surface area contributed by atoms with E-state index in [0.29, 0.717) is 12.8 Å². The van der Waals surface area contributed by atoms with E-state index in [2.05, 4.69) is 0 Å². The lowest BCUT2D eigenvalue weighted by Gasteiger charge is -2.23. The normalized spacial score (nSPS) is 33.6. The van der Waals surface area contributed by atoms with Crippen LogP contribution in [0.3, 0.4) is 0 Å². The van der Waals surface area contributed by atoms with Gasteiger partial charge >= 0.3 is 0 Å². The monoisotopic (exact) mass is 162 g/mol. The Morgan fingerprint density at radius 3 is 2.83 bits per heavy atom. The van der Waals surface area contributed by atoms with E-state index < -0.39 is 5.41 Å². The second kappa shape index (κ2) is 2.16. The summed E-state index contributed by atoms with van der Waals surface area (Å²) in [6.45, 7) is 1.86. The van der Waals surface area contributed by atoms with Crippen molar-refractivity contribution < 1.29 is 9.59 Å². The Morgan fingerprint density at radius 2 is 2.17 bits per heavy atom. The number of carbonyl (C=O) groups excluding carboxylic acids is 2. The van der Waals surface area contributed by atoms with Gasteiger partial charge < -0.3 is 0 Å². The average Bonchev–Trinajstić information content (AvgIpc) is 2.28. The van der Waals surface area contributed by atoms with Crippen LogP contribution in [-0.2, 0) is 9.59 Å². The van der Waals surface area contributed by atoms with Gasteiger partial charge in [0.25, 0.3) is 0 Å². The van der Waals surface area contributed by atoms with Crippen LogP contribution in [-0.4, -0.2) is 11.6 Å². The summed E-state index contributed by atoms with van der Waals surface area (Å²) in [7, 11) is 0. The summed E-state index contributed by atoms with van der Waals surface area (Å²) in [6, 6.07) is 0. The fourth-order valence-electron chi connectivity index (χ4n) is 1.86. The minimum Gasteiger partial charge on any atom is -0.290 e. The van der Waals surface area contributed by atoms with Crippen molar-refractivity contribution in [1.29, 1.82) is 0 Å². The SMILES string of the molecule is C[C@]12CC=CC=C1CC(=O)C2=O. The molecule has 0 heterocycles. The first-order valence-electron chi connectivity index (χ1n) is 4.08. The molecule has 62 valence electrons. The van der Waals surface area contributed by atoms with E-state index in [1.807, 2.05) is 25.2 Å². The lowest BCUT2D eigenvalue weighted by atomic mass is 9.78. The fraction of sp³-hybridized carbons (Fsp3) is 0.400. The van der Waals surface area contributed by atoms with Crippen LogP contribution in [0.5, 0.6) is 0 Å². The van der Waals surface area contributed by atoms with Crippen LogP contribution in [0.25, 0.3) is 0 Å². The van der Waals surface area contributed by atoms with Gasteiger partial charge in [-0.15, -0.1) is 0 Å². The van der Waals surface area contributed by atoms with E-state index in [9.17, 15) is 9.59 Å². The maximum absolute atomic E-state index is 11.4. The third kappa shape index (κ3) is 0.750. The molecule has 0 aromatic heterocycles. The number of Topliss-reactive ketones (excluding diaryl/α,β-unsaturated/α-hetero) is 2. The van der Waals surface area contributed by atoms with Crippen molar-refractivity contribution in [2.75, 3.05) is 0 Å². The number of ketones is 2. The number of hydrogen-bond acceptors (Lipinski definition) is 2. The highest BCUT2D eigenvalue weighted by Gasteiger charge is 2.46. The number of rotatable bonds is 0. The van der Waals surface area contributed by atoms with Crippen LogP contribution in [0.4, 0.5) is 0 Å². The van der Waals surface area contributed by atoms with E-state index in [-0.39, 0.29) is 11.6 Å². The van der Waals surface area contributed by atoms with Crippen molar-refractivity contribution in [3.8, 4) is 0 Å². The van der Waals surface area contributed by atoms with Crippen LogP contribution < -0.4 is 0 Å². The number of allylic oxidation sites excluding steroid dienone is 4. The number of hydrogen-bond donors (Lipinski definition) is 0. The molecule has 2 aliphatic rings. The summed E-state index contributed by atoms with van der Waals surface area (Å²) in [5.74, 6) is -0.439. The van der Waals surface area contributed by atoms with Crippen LogP contribution >= 0.6 is 0 Å². The van der Waals surface area contributed by atoms with Gasteiger partial charge in [-0.3, -0.25) is 9.59 Å². The zero-order valence-corrected chi connectivity index (χ0v) is 6.96. The molecule has 1 atom stereocenters. The molecule has 0 saturated heterocycles. The van der Waals surface area contributed by atoms with Crippen molar-refractivity contribution in [2.45, 2.75) is 19.8 Å². The highest BCUT2D eigenvalue weighted by Crippen LogP contribution is 2.42. The molecule has 12 heavy (non-hydrogen) atoms. The van der Waals surface area contributed by atoms with Gasteiger partial charge in [-0.1, -0.05) is 18.2 Å². The second-order valence-electron chi connectivity index (χ2n) is 3.59. The highest BCUT2D eigenvalue weighted by molar-refractivity contribution is 6.43. The Labute approximate surface area is 71.0 Å². The van der Waals surface area contributed by atoms with Crippen molar-refractivity contribution in [3.05, 3.63) is 23.8 Å². The van der Waals surface area contributed by atoms with E-state index in [1.165, 1.54) is 0 Å². The summed E-state index contributed by atoms with van der Waals surface area (Å²) >= 11 is 0. The maximum Gasteiger partial charge on any atom is 0.208 e. The Morgan fingerprint density at radius 1 is 1.42 bits per heavy atom. The van der Waals surface area contributed by atoms with Gasteiger partial charge in [-0.25, -0.2) is 0 Å². The molecule has 0 N–H and O–H groups in total. The number of carbonyl (C=O) groups is 2. The quantitative estimate of drug-likeness (QED) is 0.505. The molecule has 0 spiro atoms. The van der Waals surface area contributed by atoms with Crippen molar-refractivity contribution >= 4 is 11.6 Å². The third-order valence-corrected chi connectivity index (χ3v) is 2.77. The summed E-state index contributed by atoms with van der Waals surface area (Å²) in [5.41, 5.74) is 0.492. The van der Waals surface area contributed by atoms with E-state index in [0.717, 1.165) is 5.57 Å². The largest absolute Gasteiger partial charge is 0.290 e. The van der Waals surface area contributed by atoms with Gasteiger partial charge in [0, 0.05) is 6.42 Å². The smallest absolute Gasteiger partial charge is 0.208 e. The molecule has 1 fully saturated rings. The first-order chi connectivity index (χ1) is 5.64. The van der Waals surface area contributed by atoms with Crippen molar-refractivity contribution in [1.82, 2.24) is 0 Å². The third-order valence-electron chi connectivity index (χ3n) is 2.77. The predicted molar refractivity (Wildman–Crippen MR) is 44.6 cm³/mol. The van der Waals surface area contributed by atoms with Gasteiger partial charge in [0.2, 0.25) is 11.6 Å². The molecule has 0 bridgehead atoms. The molecule has 0 aliphatic heterocycles. The first-order valence-corrected chi connectivity index (χ1v) is 4.08. The molecule has 2 heteroatoms. The predicted octanol–water partition coefficient (Wildman–Crippen LogP) is 1.42. The van der Waals surface area contributed by atoms with E-state index in [4.69, 9.17) is 0 Å². The fourth-order valence-corrected chi connectivity index (χ4v) is 1.86. The summed E-state index contributed by atoms with van der Waals surface area (Å²) in [4.78, 5) is 22.6. The zero-order chi connectivity index (χ0) is 8.77. The van der Waals surface area contributed by atoms with Crippen LogP contribution in [0, 0.1) is 5.41 Å². The summed E-state index contributed by atoms with van der Waals surface area (Å²) in [6.07, 6.45) is 6.78. The average molecular weight is 162 g/mol. The van der Waals surface area contributed by atoms with Crippen molar-refractivity contribution in [3.63, 3.8) is 0 Å². The maximum atomic E-state index is 11.4.